The molecule has 0 unspecified atom stereocenters. The molecule has 0 spiro atoms. The van der Waals surface area contributed by atoms with E-state index in [0.29, 0.717) is 12.1 Å². The van der Waals surface area contributed by atoms with E-state index >= 15 is 0 Å². The van der Waals surface area contributed by atoms with Gasteiger partial charge in [0, 0.05) is 60.8 Å². The Morgan fingerprint density at radius 3 is 2.76 bits per heavy atom. The Hall–Kier alpha value is -3.41. The number of nitrogens with two attached hydrogens (primary N) is 3. The lowest BCUT2D eigenvalue weighted by Crippen LogP contribution is -2.43. The lowest BCUT2D eigenvalue weighted by molar-refractivity contribution is 0.0989. The molecule has 3 aromatic rings. The van der Waals surface area contributed by atoms with Crippen LogP contribution in [0.5, 0.6) is 0 Å². The summed E-state index contributed by atoms with van der Waals surface area (Å²) in [6, 6.07) is 8.28. The summed E-state index contributed by atoms with van der Waals surface area (Å²) in [5.41, 5.74) is 13.3. The van der Waals surface area contributed by atoms with Crippen molar-refractivity contribution in [3.63, 3.8) is 0 Å². The zero-order chi connectivity index (χ0) is 24.5. The standard InChI is InChI=1S/C23H25FN6O3S/c24-18-11-19(26)23(29-22(18)14-3-1-5-17(9-14)34(27,32)33)21(31)10-15-12-28-7-6-20(15)30-8-2-4-16(25)13-30/h1,3,5-7,9,11-12,16H,2,4,8,10,13,25-26H2,(H2,27,32,33)/t16-/m0/s1. The molecule has 11 heteroatoms. The highest BCUT2D eigenvalue weighted by Crippen LogP contribution is 2.28. The molecule has 1 aromatic carbocycles. The Kier molecular flexibility index (Phi) is 6.60. The first kappa shape index (κ1) is 23.7. The quantitative estimate of drug-likeness (QED) is 0.447. The van der Waals surface area contributed by atoms with Crippen molar-refractivity contribution >= 4 is 27.2 Å². The molecule has 0 bridgehead atoms. The van der Waals surface area contributed by atoms with E-state index in [1.165, 1.54) is 24.3 Å². The Bertz CT molecular complexity index is 1350. The van der Waals surface area contributed by atoms with Crippen LogP contribution in [-0.4, -0.2) is 43.3 Å². The third kappa shape index (κ3) is 5.06. The third-order valence-electron chi connectivity index (χ3n) is 5.73. The number of Topliss-reactive ketones (excluding diaryl/α,β-unsaturated/α-hetero) is 1. The predicted molar refractivity (Wildman–Crippen MR) is 127 cm³/mol. The normalized spacial score (nSPS) is 16.4. The van der Waals surface area contributed by atoms with Gasteiger partial charge in [-0.2, -0.15) is 0 Å². The van der Waals surface area contributed by atoms with Gasteiger partial charge in [0.1, 0.15) is 11.4 Å². The largest absolute Gasteiger partial charge is 0.397 e. The van der Waals surface area contributed by atoms with Gasteiger partial charge in [0.05, 0.1) is 10.6 Å². The molecule has 1 aliphatic rings. The number of halogens is 1. The summed E-state index contributed by atoms with van der Waals surface area (Å²) in [6.45, 7) is 1.49. The van der Waals surface area contributed by atoms with Crippen LogP contribution >= 0.6 is 0 Å². The van der Waals surface area contributed by atoms with Gasteiger partial charge in [-0.15, -0.1) is 0 Å². The molecule has 1 saturated heterocycles. The number of rotatable bonds is 6. The molecule has 178 valence electrons. The maximum atomic E-state index is 14.7. The van der Waals surface area contributed by atoms with E-state index < -0.39 is 21.6 Å². The Labute approximate surface area is 196 Å². The number of hydrogen-bond acceptors (Lipinski definition) is 8. The Balaban J connectivity index is 1.67. The summed E-state index contributed by atoms with van der Waals surface area (Å²) in [6.07, 6.45) is 5.12. The zero-order valence-corrected chi connectivity index (χ0v) is 19.1. The van der Waals surface area contributed by atoms with Gasteiger partial charge >= 0.3 is 0 Å². The molecule has 0 aliphatic carbocycles. The number of pyridine rings is 2. The fraction of sp³-hybridized carbons (Fsp3) is 0.261. The van der Waals surface area contributed by atoms with Crippen LogP contribution < -0.4 is 21.5 Å². The van der Waals surface area contributed by atoms with Crippen molar-refractivity contribution in [1.82, 2.24) is 9.97 Å². The highest BCUT2D eigenvalue weighted by atomic mass is 32.2. The second kappa shape index (κ2) is 9.45. The first-order valence-corrected chi connectivity index (χ1v) is 12.2. The molecular formula is C23H25FN6O3S. The molecule has 1 aliphatic heterocycles. The number of benzene rings is 1. The van der Waals surface area contributed by atoms with E-state index in [9.17, 15) is 17.6 Å². The van der Waals surface area contributed by atoms with Gasteiger partial charge in [0.25, 0.3) is 0 Å². The fourth-order valence-corrected chi connectivity index (χ4v) is 4.66. The molecule has 34 heavy (non-hydrogen) atoms. The van der Waals surface area contributed by atoms with Crippen molar-refractivity contribution in [2.24, 2.45) is 10.9 Å². The minimum Gasteiger partial charge on any atom is -0.397 e. The Morgan fingerprint density at radius 2 is 2.03 bits per heavy atom. The summed E-state index contributed by atoms with van der Waals surface area (Å²) in [7, 11) is -4.00. The van der Waals surface area contributed by atoms with Crippen LogP contribution in [0.15, 0.2) is 53.7 Å². The number of aromatic nitrogens is 2. The van der Waals surface area contributed by atoms with Gasteiger partial charge in [-0.25, -0.2) is 22.9 Å². The summed E-state index contributed by atoms with van der Waals surface area (Å²) in [5.74, 6) is -1.21. The number of nitrogens with zero attached hydrogens (tertiary/aromatic N) is 3. The minimum atomic E-state index is -4.00. The molecule has 0 radical (unpaired) electrons. The summed E-state index contributed by atoms with van der Waals surface area (Å²) < 4.78 is 38.1. The van der Waals surface area contributed by atoms with Crippen LogP contribution in [-0.2, 0) is 16.4 Å². The monoisotopic (exact) mass is 484 g/mol. The van der Waals surface area contributed by atoms with Crippen molar-refractivity contribution in [3.8, 4) is 11.3 Å². The maximum absolute atomic E-state index is 14.7. The van der Waals surface area contributed by atoms with Gasteiger partial charge in [-0.1, -0.05) is 12.1 Å². The highest BCUT2D eigenvalue weighted by Gasteiger charge is 2.23. The molecule has 0 saturated carbocycles. The Morgan fingerprint density at radius 1 is 1.24 bits per heavy atom. The van der Waals surface area contributed by atoms with Crippen molar-refractivity contribution < 1.29 is 17.6 Å². The molecule has 0 amide bonds. The van der Waals surface area contributed by atoms with Gasteiger partial charge in [0.2, 0.25) is 10.0 Å². The van der Waals surface area contributed by atoms with Gasteiger partial charge in [-0.05, 0) is 31.0 Å². The number of nitrogen functional groups attached to an aromatic ring is 1. The van der Waals surface area contributed by atoms with Crippen molar-refractivity contribution in [3.05, 3.63) is 65.9 Å². The average molecular weight is 485 g/mol. The summed E-state index contributed by atoms with van der Waals surface area (Å²) in [5, 5.41) is 5.18. The molecule has 1 atom stereocenters. The summed E-state index contributed by atoms with van der Waals surface area (Å²) >= 11 is 0. The molecule has 6 N–H and O–H groups in total. The topological polar surface area (TPSA) is 158 Å². The minimum absolute atomic E-state index is 0.0472. The lowest BCUT2D eigenvalue weighted by Gasteiger charge is -2.33. The van der Waals surface area contributed by atoms with E-state index in [-0.39, 0.29) is 40.0 Å². The van der Waals surface area contributed by atoms with Crippen LogP contribution in [0.1, 0.15) is 28.9 Å². The number of primary sulfonamides is 1. The second-order valence-corrected chi connectivity index (χ2v) is 9.84. The van der Waals surface area contributed by atoms with Crippen LogP contribution in [0, 0.1) is 5.82 Å². The van der Waals surface area contributed by atoms with Gasteiger partial charge in [-0.3, -0.25) is 9.78 Å². The third-order valence-corrected chi connectivity index (χ3v) is 6.64. The van der Waals surface area contributed by atoms with E-state index in [0.717, 1.165) is 31.1 Å². The summed E-state index contributed by atoms with van der Waals surface area (Å²) in [4.78, 5) is 23.5. The number of sulfonamides is 1. The first-order chi connectivity index (χ1) is 16.1. The molecule has 3 heterocycles. The van der Waals surface area contributed by atoms with Crippen LogP contribution in [0.2, 0.25) is 0 Å². The molecule has 2 aromatic heterocycles. The van der Waals surface area contributed by atoms with E-state index in [1.807, 2.05) is 6.07 Å². The van der Waals surface area contributed by atoms with Crippen LogP contribution in [0.4, 0.5) is 15.8 Å². The van der Waals surface area contributed by atoms with Crippen molar-refractivity contribution in [2.75, 3.05) is 23.7 Å². The van der Waals surface area contributed by atoms with Crippen molar-refractivity contribution in [1.29, 1.82) is 0 Å². The van der Waals surface area contributed by atoms with Gasteiger partial charge in [0.15, 0.2) is 11.6 Å². The van der Waals surface area contributed by atoms with E-state index in [2.05, 4.69) is 14.9 Å². The van der Waals surface area contributed by atoms with Crippen LogP contribution in [0.25, 0.3) is 11.3 Å². The highest BCUT2D eigenvalue weighted by molar-refractivity contribution is 7.89. The molecule has 1 fully saturated rings. The average Bonchev–Trinajstić information content (AvgIpc) is 2.79. The predicted octanol–water partition coefficient (Wildman–Crippen LogP) is 1.87. The first-order valence-electron chi connectivity index (χ1n) is 10.7. The van der Waals surface area contributed by atoms with E-state index in [1.54, 1.807) is 12.4 Å². The molecule has 4 rings (SSSR count). The van der Waals surface area contributed by atoms with Crippen LogP contribution in [0.3, 0.4) is 0 Å². The zero-order valence-electron chi connectivity index (χ0n) is 18.3. The van der Waals surface area contributed by atoms with Crippen molar-refractivity contribution in [2.45, 2.75) is 30.2 Å². The van der Waals surface area contributed by atoms with Gasteiger partial charge < -0.3 is 16.4 Å². The number of piperidine rings is 1. The fourth-order valence-electron chi connectivity index (χ4n) is 4.10. The smallest absolute Gasteiger partial charge is 0.238 e. The number of anilines is 2. The number of hydrogen-bond donors (Lipinski definition) is 3. The second-order valence-electron chi connectivity index (χ2n) is 8.28. The van der Waals surface area contributed by atoms with E-state index in [4.69, 9.17) is 16.6 Å². The number of carbonyl (C=O) groups is 1. The molecular weight excluding hydrogens is 459 g/mol. The lowest BCUT2D eigenvalue weighted by atomic mass is 10.0. The molecule has 9 nitrogen and oxygen atoms in total. The number of ketones is 1. The number of carbonyl (C=O) groups excluding carboxylic acids is 1. The maximum Gasteiger partial charge on any atom is 0.238 e. The SMILES string of the molecule is Nc1cc(F)c(-c2cccc(S(N)(=O)=O)c2)nc1C(=O)Cc1cnccc1N1CCC[C@H](N)C1.